The van der Waals surface area contributed by atoms with Gasteiger partial charge in [0.25, 0.3) is 0 Å². The second-order valence-corrected chi connectivity index (χ2v) is 6.38. The van der Waals surface area contributed by atoms with Crippen LogP contribution in [0.4, 0.5) is 5.95 Å². The van der Waals surface area contributed by atoms with Gasteiger partial charge < -0.3 is 5.32 Å². The number of nitrogens with zero attached hydrogens (tertiary/aromatic N) is 3. The van der Waals surface area contributed by atoms with Gasteiger partial charge in [-0.2, -0.15) is 10.1 Å². The number of aryl methyl sites for hydroxylation is 1. The molecule has 23 heavy (non-hydrogen) atoms. The molecule has 2 heterocycles. The van der Waals surface area contributed by atoms with Crippen LogP contribution in [-0.2, 0) is 0 Å². The summed E-state index contributed by atoms with van der Waals surface area (Å²) in [5.41, 5.74) is 3.72. The molecule has 3 aromatic rings. The van der Waals surface area contributed by atoms with Gasteiger partial charge >= 0.3 is 0 Å². The van der Waals surface area contributed by atoms with Crippen LogP contribution in [0.5, 0.6) is 0 Å². The molecule has 0 amide bonds. The van der Waals surface area contributed by atoms with Crippen molar-refractivity contribution >= 4 is 17.5 Å². The zero-order valence-electron chi connectivity index (χ0n) is 12.8. The van der Waals surface area contributed by atoms with Crippen LogP contribution in [0.15, 0.2) is 54.9 Å². The number of hydrogen-bond acceptors (Lipinski definition) is 3. The summed E-state index contributed by atoms with van der Waals surface area (Å²) in [7, 11) is 0. The first kappa shape index (κ1) is 14.3. The van der Waals surface area contributed by atoms with Gasteiger partial charge in [-0.05, 0) is 36.6 Å². The van der Waals surface area contributed by atoms with Crippen LogP contribution >= 0.6 is 11.6 Å². The van der Waals surface area contributed by atoms with E-state index >= 15 is 0 Å². The largest absolute Gasteiger partial charge is 0.348 e. The van der Waals surface area contributed by atoms with Gasteiger partial charge in [0, 0.05) is 5.02 Å². The van der Waals surface area contributed by atoms with Gasteiger partial charge in [0.15, 0.2) is 0 Å². The van der Waals surface area contributed by atoms with E-state index in [-0.39, 0.29) is 12.1 Å². The molecule has 0 spiro atoms. The Labute approximate surface area is 140 Å². The minimum atomic E-state index is 0.176. The van der Waals surface area contributed by atoms with Gasteiger partial charge in [-0.3, -0.25) is 0 Å². The summed E-state index contributed by atoms with van der Waals surface area (Å²) >= 11 is 6.01. The molecule has 2 aromatic carbocycles. The number of benzene rings is 2. The zero-order chi connectivity index (χ0) is 15.8. The Balaban J connectivity index is 1.71. The fourth-order valence-electron chi connectivity index (χ4n) is 3.10. The summed E-state index contributed by atoms with van der Waals surface area (Å²) in [6.07, 6.45) is 2.52. The van der Waals surface area contributed by atoms with Gasteiger partial charge in [0.2, 0.25) is 5.95 Å². The molecule has 0 aliphatic carbocycles. The van der Waals surface area contributed by atoms with Crippen molar-refractivity contribution in [3.05, 3.63) is 76.6 Å². The van der Waals surface area contributed by atoms with Crippen LogP contribution in [0.3, 0.4) is 0 Å². The number of hydrogen-bond donors (Lipinski definition) is 1. The molecule has 1 aliphatic heterocycles. The Morgan fingerprint density at radius 2 is 1.74 bits per heavy atom. The lowest BCUT2D eigenvalue weighted by molar-refractivity contribution is 0.431. The molecule has 1 aliphatic rings. The lowest BCUT2D eigenvalue weighted by atomic mass is 9.93. The Bertz CT molecular complexity index is 808. The van der Waals surface area contributed by atoms with E-state index in [2.05, 4.69) is 58.7 Å². The SMILES string of the molecule is Cc1ccc([C@H]2C[C@H](c3ccc(Cl)cc3)Nc3ncnn32)cc1. The maximum atomic E-state index is 6.01. The highest BCUT2D eigenvalue weighted by Crippen LogP contribution is 2.37. The molecular weight excluding hydrogens is 308 g/mol. The molecule has 4 nitrogen and oxygen atoms in total. The van der Waals surface area contributed by atoms with Crippen molar-refractivity contribution in [1.82, 2.24) is 14.8 Å². The molecule has 5 heteroatoms. The molecule has 1 aromatic heterocycles. The van der Waals surface area contributed by atoms with Gasteiger partial charge in [0.05, 0.1) is 12.1 Å². The maximum Gasteiger partial charge on any atom is 0.222 e. The van der Waals surface area contributed by atoms with Crippen molar-refractivity contribution in [3.8, 4) is 0 Å². The molecule has 116 valence electrons. The van der Waals surface area contributed by atoms with Gasteiger partial charge in [0.1, 0.15) is 6.33 Å². The highest BCUT2D eigenvalue weighted by molar-refractivity contribution is 6.30. The fourth-order valence-corrected chi connectivity index (χ4v) is 3.23. The third-order valence-electron chi connectivity index (χ3n) is 4.37. The molecule has 0 radical (unpaired) electrons. The minimum Gasteiger partial charge on any atom is -0.348 e. The molecular formula is C18H17ClN4. The van der Waals surface area contributed by atoms with E-state index in [1.165, 1.54) is 16.7 Å². The first-order chi connectivity index (χ1) is 11.2. The summed E-state index contributed by atoms with van der Waals surface area (Å²) in [4.78, 5) is 4.36. The van der Waals surface area contributed by atoms with Crippen molar-refractivity contribution < 1.29 is 0 Å². The Morgan fingerprint density at radius 3 is 2.48 bits per heavy atom. The Hall–Kier alpha value is -2.33. The van der Waals surface area contributed by atoms with E-state index < -0.39 is 0 Å². The van der Waals surface area contributed by atoms with Crippen molar-refractivity contribution in [2.75, 3.05) is 5.32 Å². The summed E-state index contributed by atoms with van der Waals surface area (Å²) in [6, 6.07) is 17.0. The van der Waals surface area contributed by atoms with E-state index in [9.17, 15) is 0 Å². The number of aromatic nitrogens is 3. The zero-order valence-corrected chi connectivity index (χ0v) is 13.5. The second-order valence-electron chi connectivity index (χ2n) is 5.94. The predicted molar refractivity (Wildman–Crippen MR) is 91.8 cm³/mol. The standard InChI is InChI=1S/C18H17ClN4/c1-12-2-4-14(5-3-12)17-10-16(13-6-8-15(19)9-7-13)22-18-20-11-21-23(17)18/h2-9,11,16-17H,10H2,1H3,(H,20,21,22)/t16-,17-/m1/s1. The topological polar surface area (TPSA) is 42.7 Å². The van der Waals surface area contributed by atoms with Crippen molar-refractivity contribution in [2.45, 2.75) is 25.4 Å². The van der Waals surface area contributed by atoms with E-state index in [1.807, 2.05) is 16.8 Å². The van der Waals surface area contributed by atoms with Crippen LogP contribution in [-0.4, -0.2) is 14.8 Å². The fraction of sp³-hybridized carbons (Fsp3) is 0.222. The van der Waals surface area contributed by atoms with Crippen LogP contribution in [0.2, 0.25) is 5.02 Å². The van der Waals surface area contributed by atoms with Crippen LogP contribution < -0.4 is 5.32 Å². The number of anilines is 1. The van der Waals surface area contributed by atoms with Crippen molar-refractivity contribution in [2.24, 2.45) is 0 Å². The number of fused-ring (bicyclic) bond motifs is 1. The number of nitrogens with one attached hydrogen (secondary N) is 1. The van der Waals surface area contributed by atoms with Crippen LogP contribution in [0.1, 0.15) is 35.2 Å². The lowest BCUT2D eigenvalue weighted by Gasteiger charge is -2.31. The summed E-state index contributed by atoms with van der Waals surface area (Å²) in [5.74, 6) is 0.807. The Morgan fingerprint density at radius 1 is 1.04 bits per heavy atom. The van der Waals surface area contributed by atoms with Crippen LogP contribution in [0, 0.1) is 6.92 Å². The van der Waals surface area contributed by atoms with Gasteiger partial charge in [-0.1, -0.05) is 53.6 Å². The molecule has 0 bridgehead atoms. The average molecular weight is 325 g/mol. The normalized spacial score (nSPS) is 19.9. The highest BCUT2D eigenvalue weighted by atomic mass is 35.5. The van der Waals surface area contributed by atoms with E-state index in [0.29, 0.717) is 0 Å². The van der Waals surface area contributed by atoms with E-state index in [4.69, 9.17) is 11.6 Å². The third-order valence-corrected chi connectivity index (χ3v) is 4.62. The summed E-state index contributed by atoms with van der Waals surface area (Å²) < 4.78 is 1.97. The quantitative estimate of drug-likeness (QED) is 0.760. The highest BCUT2D eigenvalue weighted by Gasteiger charge is 2.29. The Kier molecular flexibility index (Phi) is 3.54. The third kappa shape index (κ3) is 2.70. The number of halogens is 1. The molecule has 0 unspecified atom stereocenters. The molecule has 0 fully saturated rings. The number of rotatable bonds is 2. The second kappa shape index (κ2) is 5.70. The molecule has 0 saturated carbocycles. The van der Waals surface area contributed by atoms with E-state index in [1.54, 1.807) is 6.33 Å². The lowest BCUT2D eigenvalue weighted by Crippen LogP contribution is -2.28. The molecule has 1 N–H and O–H groups in total. The maximum absolute atomic E-state index is 6.01. The smallest absolute Gasteiger partial charge is 0.222 e. The summed E-state index contributed by atoms with van der Waals surface area (Å²) in [6.45, 7) is 2.10. The molecule has 0 saturated heterocycles. The van der Waals surface area contributed by atoms with Crippen LogP contribution in [0.25, 0.3) is 0 Å². The van der Waals surface area contributed by atoms with Gasteiger partial charge in [-0.25, -0.2) is 4.68 Å². The van der Waals surface area contributed by atoms with Crippen molar-refractivity contribution in [3.63, 3.8) is 0 Å². The van der Waals surface area contributed by atoms with Crippen molar-refractivity contribution in [1.29, 1.82) is 0 Å². The molecule has 2 atom stereocenters. The first-order valence-corrected chi connectivity index (χ1v) is 8.06. The van der Waals surface area contributed by atoms with E-state index in [0.717, 1.165) is 17.4 Å². The first-order valence-electron chi connectivity index (χ1n) is 7.69. The minimum absolute atomic E-state index is 0.176. The molecule has 4 rings (SSSR count). The summed E-state index contributed by atoms with van der Waals surface area (Å²) in [5, 5.41) is 8.62. The monoisotopic (exact) mass is 324 g/mol. The van der Waals surface area contributed by atoms with Gasteiger partial charge in [-0.15, -0.1) is 0 Å². The predicted octanol–water partition coefficient (Wildman–Crippen LogP) is 4.39. The average Bonchev–Trinajstić information content (AvgIpc) is 3.04.